The summed E-state index contributed by atoms with van der Waals surface area (Å²) in [6.45, 7) is 2.31. The number of hydrogen-bond donors (Lipinski definition) is 1. The zero-order valence-corrected chi connectivity index (χ0v) is 17.0. The predicted octanol–water partition coefficient (Wildman–Crippen LogP) is 6.16. The van der Waals surface area contributed by atoms with Crippen LogP contribution in [0.3, 0.4) is 0 Å². The van der Waals surface area contributed by atoms with E-state index in [2.05, 4.69) is 4.99 Å². The van der Waals surface area contributed by atoms with Crippen LogP contribution in [-0.4, -0.2) is 27.3 Å². The van der Waals surface area contributed by atoms with Crippen LogP contribution in [0.15, 0.2) is 65.8 Å². The van der Waals surface area contributed by atoms with Gasteiger partial charge in [0.1, 0.15) is 11.3 Å². The van der Waals surface area contributed by atoms with Crippen molar-refractivity contribution in [3.05, 3.63) is 76.4 Å². The largest absolute Gasteiger partial charge is 0.504 e. The zero-order valence-electron chi connectivity index (χ0n) is 15.5. The SMILES string of the molecule is CCOc1cc(-c2nc3ccccn3c2N=Cc2ccc(Cl)cc2Cl)ccc1O. The maximum Gasteiger partial charge on any atom is 0.165 e. The van der Waals surface area contributed by atoms with Crippen molar-refractivity contribution < 1.29 is 9.84 Å². The lowest BCUT2D eigenvalue weighted by Crippen LogP contribution is -1.92. The number of nitrogens with zero attached hydrogens (tertiary/aromatic N) is 3. The van der Waals surface area contributed by atoms with E-state index < -0.39 is 0 Å². The van der Waals surface area contributed by atoms with E-state index in [4.69, 9.17) is 32.9 Å². The van der Waals surface area contributed by atoms with Gasteiger partial charge in [-0.25, -0.2) is 9.98 Å². The normalized spacial score (nSPS) is 11.4. The first-order chi connectivity index (χ1) is 14.1. The molecule has 29 heavy (non-hydrogen) atoms. The van der Waals surface area contributed by atoms with Crippen LogP contribution in [0.4, 0.5) is 5.82 Å². The number of halogens is 2. The lowest BCUT2D eigenvalue weighted by atomic mass is 10.1. The Bertz CT molecular complexity index is 1220. The third-order valence-electron chi connectivity index (χ3n) is 4.33. The molecule has 0 aliphatic carbocycles. The van der Waals surface area contributed by atoms with Crippen LogP contribution in [0.5, 0.6) is 11.5 Å². The van der Waals surface area contributed by atoms with E-state index in [9.17, 15) is 5.11 Å². The smallest absolute Gasteiger partial charge is 0.165 e. The lowest BCUT2D eigenvalue weighted by molar-refractivity contribution is 0.318. The number of benzene rings is 2. The molecule has 4 aromatic rings. The van der Waals surface area contributed by atoms with E-state index >= 15 is 0 Å². The van der Waals surface area contributed by atoms with E-state index in [-0.39, 0.29) is 5.75 Å². The van der Waals surface area contributed by atoms with Gasteiger partial charge in [0.25, 0.3) is 0 Å². The van der Waals surface area contributed by atoms with Crippen molar-refractivity contribution in [3.8, 4) is 22.8 Å². The van der Waals surface area contributed by atoms with Crippen LogP contribution >= 0.6 is 23.2 Å². The summed E-state index contributed by atoms with van der Waals surface area (Å²) < 4.78 is 7.41. The Labute approximate surface area is 177 Å². The minimum Gasteiger partial charge on any atom is -0.504 e. The number of hydrogen-bond acceptors (Lipinski definition) is 4. The van der Waals surface area contributed by atoms with Gasteiger partial charge in [-0.05, 0) is 49.4 Å². The van der Waals surface area contributed by atoms with Crippen molar-refractivity contribution >= 4 is 40.9 Å². The van der Waals surface area contributed by atoms with E-state index in [1.54, 1.807) is 36.5 Å². The van der Waals surface area contributed by atoms with E-state index in [0.29, 0.717) is 33.9 Å². The summed E-state index contributed by atoms with van der Waals surface area (Å²) in [7, 11) is 0. The molecule has 7 heteroatoms. The molecule has 0 amide bonds. The molecule has 0 unspecified atom stereocenters. The van der Waals surface area contributed by atoms with E-state index in [0.717, 1.165) is 16.8 Å². The predicted molar refractivity (Wildman–Crippen MR) is 117 cm³/mol. The fourth-order valence-corrected chi connectivity index (χ4v) is 3.43. The molecule has 146 valence electrons. The molecular weight excluding hydrogens is 409 g/mol. The molecule has 2 aromatic heterocycles. The number of phenols is 1. The lowest BCUT2D eigenvalue weighted by Gasteiger charge is -2.07. The number of phenolic OH excluding ortho intramolecular Hbond substituents is 1. The number of pyridine rings is 1. The Kier molecular flexibility index (Phi) is 5.43. The molecule has 2 aromatic carbocycles. The Morgan fingerprint density at radius 2 is 2.00 bits per heavy atom. The molecule has 0 fully saturated rings. The van der Waals surface area contributed by atoms with Crippen molar-refractivity contribution in [3.63, 3.8) is 0 Å². The molecule has 4 rings (SSSR count). The number of aromatic nitrogens is 2. The number of imidazole rings is 1. The van der Waals surface area contributed by atoms with Crippen LogP contribution < -0.4 is 4.74 Å². The van der Waals surface area contributed by atoms with Gasteiger partial charge in [-0.3, -0.25) is 4.40 Å². The van der Waals surface area contributed by atoms with Crippen molar-refractivity contribution in [1.29, 1.82) is 0 Å². The second-order valence-electron chi connectivity index (χ2n) is 6.25. The monoisotopic (exact) mass is 425 g/mol. The Hall–Kier alpha value is -3.02. The minimum absolute atomic E-state index is 0.0809. The number of fused-ring (bicyclic) bond motifs is 1. The summed E-state index contributed by atoms with van der Waals surface area (Å²) in [6, 6.07) is 16.1. The molecule has 0 aliphatic heterocycles. The molecule has 0 saturated heterocycles. The molecule has 5 nitrogen and oxygen atoms in total. The average Bonchev–Trinajstić information content (AvgIpc) is 3.08. The van der Waals surface area contributed by atoms with Gasteiger partial charge in [-0.2, -0.15) is 0 Å². The van der Waals surface area contributed by atoms with Crippen molar-refractivity contribution in [2.45, 2.75) is 6.92 Å². The van der Waals surface area contributed by atoms with Gasteiger partial charge in [0.15, 0.2) is 17.3 Å². The second-order valence-corrected chi connectivity index (χ2v) is 7.10. The Balaban J connectivity index is 1.85. The standard InChI is InChI=1S/C22H17Cl2N3O2/c1-2-29-19-11-14(7-9-18(19)28)21-22(27-10-4-3-5-20(27)26-21)25-13-15-6-8-16(23)12-17(15)24/h3-13,28H,2H2,1H3. The number of ether oxygens (including phenoxy) is 1. The highest BCUT2D eigenvalue weighted by Crippen LogP contribution is 2.36. The molecule has 0 saturated carbocycles. The second kappa shape index (κ2) is 8.15. The summed E-state index contributed by atoms with van der Waals surface area (Å²) in [5.41, 5.74) is 2.94. The first kappa shape index (κ1) is 19.3. The van der Waals surface area contributed by atoms with Crippen LogP contribution in [-0.2, 0) is 0 Å². The molecule has 0 bridgehead atoms. The number of rotatable bonds is 5. The van der Waals surface area contributed by atoms with Gasteiger partial charge in [-0.1, -0.05) is 35.3 Å². The molecule has 0 radical (unpaired) electrons. The van der Waals surface area contributed by atoms with Crippen LogP contribution in [0.1, 0.15) is 12.5 Å². The van der Waals surface area contributed by atoms with Crippen molar-refractivity contribution in [2.75, 3.05) is 6.61 Å². The molecule has 2 heterocycles. The van der Waals surface area contributed by atoms with Gasteiger partial charge in [-0.15, -0.1) is 0 Å². The number of aliphatic imine (C=N–C) groups is 1. The third-order valence-corrected chi connectivity index (χ3v) is 4.89. The maximum atomic E-state index is 10.0. The first-order valence-electron chi connectivity index (χ1n) is 8.99. The van der Waals surface area contributed by atoms with Crippen LogP contribution in [0.25, 0.3) is 16.9 Å². The summed E-state index contributed by atoms with van der Waals surface area (Å²) >= 11 is 12.3. The van der Waals surface area contributed by atoms with Crippen LogP contribution in [0.2, 0.25) is 10.0 Å². The summed E-state index contributed by atoms with van der Waals surface area (Å²) in [5, 5.41) is 11.1. The van der Waals surface area contributed by atoms with Crippen molar-refractivity contribution in [2.24, 2.45) is 4.99 Å². The maximum absolute atomic E-state index is 10.0. The van der Waals surface area contributed by atoms with Gasteiger partial charge in [0.2, 0.25) is 0 Å². The fourth-order valence-electron chi connectivity index (χ4n) is 2.97. The highest BCUT2D eigenvalue weighted by molar-refractivity contribution is 6.36. The molecule has 0 spiro atoms. The Morgan fingerprint density at radius 1 is 1.14 bits per heavy atom. The highest BCUT2D eigenvalue weighted by Gasteiger charge is 2.15. The van der Waals surface area contributed by atoms with Gasteiger partial charge < -0.3 is 9.84 Å². The molecule has 0 atom stereocenters. The summed E-state index contributed by atoms with van der Waals surface area (Å²) in [4.78, 5) is 9.39. The van der Waals surface area contributed by atoms with Gasteiger partial charge >= 0.3 is 0 Å². The minimum atomic E-state index is 0.0809. The van der Waals surface area contributed by atoms with Crippen molar-refractivity contribution in [1.82, 2.24) is 9.38 Å². The van der Waals surface area contributed by atoms with Gasteiger partial charge in [0.05, 0.1) is 11.6 Å². The highest BCUT2D eigenvalue weighted by atomic mass is 35.5. The first-order valence-corrected chi connectivity index (χ1v) is 9.75. The molecule has 1 N–H and O–H groups in total. The topological polar surface area (TPSA) is 59.1 Å². The fraction of sp³-hybridized carbons (Fsp3) is 0.0909. The number of aromatic hydroxyl groups is 1. The van der Waals surface area contributed by atoms with Crippen LogP contribution in [0, 0.1) is 0 Å². The summed E-state index contributed by atoms with van der Waals surface area (Å²) in [5.74, 6) is 1.12. The zero-order chi connectivity index (χ0) is 20.4. The van der Waals surface area contributed by atoms with E-state index in [1.807, 2.05) is 41.8 Å². The summed E-state index contributed by atoms with van der Waals surface area (Å²) in [6.07, 6.45) is 3.58. The third kappa shape index (κ3) is 3.92. The average molecular weight is 426 g/mol. The van der Waals surface area contributed by atoms with Gasteiger partial charge in [0, 0.05) is 28.6 Å². The molecule has 0 aliphatic rings. The molecular formula is C22H17Cl2N3O2. The van der Waals surface area contributed by atoms with E-state index in [1.165, 1.54) is 0 Å². The Morgan fingerprint density at radius 3 is 2.79 bits per heavy atom. The quantitative estimate of drug-likeness (QED) is 0.389.